The zero-order valence-electron chi connectivity index (χ0n) is 22.9. The fourth-order valence-corrected chi connectivity index (χ4v) is 5.85. The van der Waals surface area contributed by atoms with E-state index in [9.17, 15) is 9.18 Å². The Kier molecular flexibility index (Phi) is 12.0. The predicted molar refractivity (Wildman–Crippen MR) is 163 cm³/mol. The van der Waals surface area contributed by atoms with E-state index in [1.807, 2.05) is 18.2 Å². The third-order valence-corrected chi connectivity index (χ3v) is 8.18. The summed E-state index contributed by atoms with van der Waals surface area (Å²) in [7, 11) is 0. The largest absolute Gasteiger partial charge is 0.299 e. The Morgan fingerprint density at radius 1 is 0.821 bits per heavy atom. The Bertz CT molecular complexity index is 1190. The summed E-state index contributed by atoms with van der Waals surface area (Å²) in [5.74, 6) is 0.727. The van der Waals surface area contributed by atoms with Crippen molar-refractivity contribution in [1.29, 1.82) is 0 Å². The fraction of sp³-hybridized carbons (Fsp3) is 0.424. The van der Waals surface area contributed by atoms with Gasteiger partial charge in [0, 0.05) is 31.6 Å². The number of carbonyl (C=O) groups is 1. The van der Waals surface area contributed by atoms with E-state index in [0.29, 0.717) is 12.3 Å². The lowest BCUT2D eigenvalue weighted by molar-refractivity contribution is 0.0961. The van der Waals surface area contributed by atoms with Gasteiger partial charge in [-0.25, -0.2) is 4.39 Å². The third-order valence-electron chi connectivity index (χ3n) is 8.18. The van der Waals surface area contributed by atoms with E-state index in [0.717, 1.165) is 69.7 Å². The molecule has 2 aliphatic heterocycles. The van der Waals surface area contributed by atoms with Crippen molar-refractivity contribution < 1.29 is 9.18 Å². The number of halogens is 3. The van der Waals surface area contributed by atoms with Crippen molar-refractivity contribution in [3.8, 4) is 0 Å². The van der Waals surface area contributed by atoms with Gasteiger partial charge in [0.05, 0.1) is 0 Å². The van der Waals surface area contributed by atoms with Gasteiger partial charge in [0.15, 0.2) is 5.78 Å². The van der Waals surface area contributed by atoms with Gasteiger partial charge < -0.3 is 0 Å². The SMILES string of the molecule is Cc1ccc(CN2CCC(CCC(=O)c3ccc4c(c3)CN(Cc3ccc(F)cc3)CCC4)CC2)cc1.Cl.Cl. The molecule has 1 saturated heterocycles. The van der Waals surface area contributed by atoms with E-state index >= 15 is 0 Å². The van der Waals surface area contributed by atoms with Crippen LogP contribution in [-0.2, 0) is 26.1 Å². The van der Waals surface area contributed by atoms with Crippen molar-refractivity contribution in [2.24, 2.45) is 5.92 Å². The second-order valence-corrected chi connectivity index (χ2v) is 11.1. The number of aryl methyl sites for hydroxylation is 2. The van der Waals surface area contributed by atoms with Gasteiger partial charge in [0.25, 0.3) is 0 Å². The van der Waals surface area contributed by atoms with Crippen LogP contribution < -0.4 is 0 Å². The summed E-state index contributed by atoms with van der Waals surface area (Å²) in [5.41, 5.74) is 7.32. The molecule has 0 aromatic heterocycles. The van der Waals surface area contributed by atoms with Crippen molar-refractivity contribution >= 4 is 30.6 Å². The first-order chi connectivity index (χ1) is 18.0. The van der Waals surface area contributed by atoms with E-state index in [1.54, 1.807) is 0 Å². The third kappa shape index (κ3) is 8.88. The van der Waals surface area contributed by atoms with Crippen LogP contribution in [0.5, 0.6) is 0 Å². The molecule has 0 amide bonds. The monoisotopic (exact) mass is 570 g/mol. The number of carbonyl (C=O) groups excluding carboxylic acids is 1. The average Bonchev–Trinajstić information content (AvgIpc) is 3.12. The second kappa shape index (κ2) is 14.9. The molecule has 0 radical (unpaired) electrons. The molecule has 0 atom stereocenters. The molecule has 2 heterocycles. The fourth-order valence-electron chi connectivity index (χ4n) is 5.85. The first-order valence-corrected chi connectivity index (χ1v) is 13.9. The smallest absolute Gasteiger partial charge is 0.162 e. The number of rotatable bonds is 8. The summed E-state index contributed by atoms with van der Waals surface area (Å²) >= 11 is 0. The highest BCUT2D eigenvalue weighted by Crippen LogP contribution is 2.26. The van der Waals surface area contributed by atoms with Gasteiger partial charge in [-0.2, -0.15) is 0 Å². The number of benzene rings is 3. The van der Waals surface area contributed by atoms with Gasteiger partial charge in [0.1, 0.15) is 5.82 Å². The second-order valence-electron chi connectivity index (χ2n) is 11.1. The van der Waals surface area contributed by atoms with Crippen LogP contribution in [0.4, 0.5) is 4.39 Å². The molecule has 0 saturated carbocycles. The van der Waals surface area contributed by atoms with Crippen LogP contribution in [0, 0.1) is 18.7 Å². The number of hydrogen-bond donors (Lipinski definition) is 0. The quantitative estimate of drug-likeness (QED) is 0.258. The Balaban J connectivity index is 0.00000210. The van der Waals surface area contributed by atoms with Gasteiger partial charge in [-0.15, -0.1) is 24.8 Å². The number of ketones is 1. The molecule has 0 spiro atoms. The van der Waals surface area contributed by atoms with E-state index in [-0.39, 0.29) is 36.4 Å². The number of likely N-dealkylation sites (tertiary alicyclic amines) is 1. The summed E-state index contributed by atoms with van der Waals surface area (Å²) in [4.78, 5) is 18.1. The molecule has 0 aliphatic carbocycles. The number of hydrogen-bond acceptors (Lipinski definition) is 3. The van der Waals surface area contributed by atoms with Crippen molar-refractivity contribution in [2.45, 2.75) is 65.1 Å². The first-order valence-electron chi connectivity index (χ1n) is 13.9. The van der Waals surface area contributed by atoms with E-state index in [1.165, 1.54) is 47.2 Å². The molecule has 0 bridgehead atoms. The number of piperidine rings is 1. The molecule has 210 valence electrons. The topological polar surface area (TPSA) is 23.6 Å². The Labute approximate surface area is 245 Å². The van der Waals surface area contributed by atoms with Crippen LogP contribution >= 0.6 is 24.8 Å². The van der Waals surface area contributed by atoms with Gasteiger partial charge in [-0.1, -0.05) is 54.1 Å². The highest BCUT2D eigenvalue weighted by Gasteiger charge is 2.21. The molecule has 1 fully saturated rings. The molecular weight excluding hydrogens is 530 g/mol. The van der Waals surface area contributed by atoms with Crippen LogP contribution in [0.3, 0.4) is 0 Å². The normalized spacial score (nSPS) is 16.5. The molecule has 6 heteroatoms. The molecule has 39 heavy (non-hydrogen) atoms. The Morgan fingerprint density at radius 3 is 2.15 bits per heavy atom. The molecular formula is C33H41Cl2FN2O. The predicted octanol–water partition coefficient (Wildman–Crippen LogP) is 7.80. The van der Waals surface area contributed by atoms with Gasteiger partial charge in [0.2, 0.25) is 0 Å². The molecule has 3 aromatic carbocycles. The number of fused-ring (bicyclic) bond motifs is 1. The Morgan fingerprint density at radius 2 is 1.46 bits per heavy atom. The van der Waals surface area contributed by atoms with Gasteiger partial charge in [-0.05, 0) is 105 Å². The molecule has 5 rings (SSSR count). The number of nitrogens with zero attached hydrogens (tertiary/aromatic N) is 2. The minimum absolute atomic E-state index is 0. The molecule has 0 N–H and O–H groups in total. The van der Waals surface area contributed by atoms with Crippen molar-refractivity contribution in [3.05, 3.63) is 106 Å². The molecule has 0 unspecified atom stereocenters. The molecule has 3 aromatic rings. The summed E-state index contributed by atoms with van der Waals surface area (Å²) in [6.45, 7) is 8.06. The lowest BCUT2D eigenvalue weighted by atomic mass is 9.89. The molecule has 2 aliphatic rings. The maximum absolute atomic E-state index is 13.3. The first kappa shape index (κ1) is 31.3. The van der Waals surface area contributed by atoms with Crippen LogP contribution in [0.25, 0.3) is 0 Å². The van der Waals surface area contributed by atoms with Crippen LogP contribution in [0.1, 0.15) is 70.3 Å². The standard InChI is InChI=1S/C33H39FN2O.2ClH/c1-25-4-6-27(7-5-25)22-35-19-16-26(17-20-35)10-15-33(37)30-12-11-29-3-2-18-36(24-31(29)21-30)23-28-8-13-32(34)14-9-28;;/h4-9,11-14,21,26H,2-3,10,15-20,22-24H2,1H3;2*1H. The highest BCUT2D eigenvalue weighted by molar-refractivity contribution is 5.96. The van der Waals surface area contributed by atoms with Crippen LogP contribution in [0.2, 0.25) is 0 Å². The number of Topliss-reactive ketones (excluding diaryl/α,β-unsaturated/α-hetero) is 1. The van der Waals surface area contributed by atoms with Crippen LogP contribution in [0.15, 0.2) is 66.7 Å². The van der Waals surface area contributed by atoms with Crippen molar-refractivity contribution in [1.82, 2.24) is 9.80 Å². The van der Waals surface area contributed by atoms with Gasteiger partial charge >= 0.3 is 0 Å². The molecule has 3 nitrogen and oxygen atoms in total. The maximum atomic E-state index is 13.3. The minimum Gasteiger partial charge on any atom is -0.299 e. The zero-order valence-corrected chi connectivity index (χ0v) is 24.5. The van der Waals surface area contributed by atoms with E-state index in [4.69, 9.17) is 0 Å². The van der Waals surface area contributed by atoms with E-state index in [2.05, 4.69) is 53.1 Å². The van der Waals surface area contributed by atoms with E-state index < -0.39 is 0 Å². The lowest BCUT2D eigenvalue weighted by Crippen LogP contribution is -2.33. The minimum atomic E-state index is -0.194. The summed E-state index contributed by atoms with van der Waals surface area (Å²) in [6, 6.07) is 22.0. The van der Waals surface area contributed by atoms with Gasteiger partial charge in [-0.3, -0.25) is 14.6 Å². The average molecular weight is 572 g/mol. The summed E-state index contributed by atoms with van der Waals surface area (Å²) < 4.78 is 13.3. The summed E-state index contributed by atoms with van der Waals surface area (Å²) in [6.07, 6.45) is 6.14. The maximum Gasteiger partial charge on any atom is 0.162 e. The van der Waals surface area contributed by atoms with Crippen molar-refractivity contribution in [2.75, 3.05) is 19.6 Å². The van der Waals surface area contributed by atoms with Crippen LogP contribution in [-0.4, -0.2) is 35.2 Å². The van der Waals surface area contributed by atoms with Crippen molar-refractivity contribution in [3.63, 3.8) is 0 Å². The lowest BCUT2D eigenvalue weighted by Gasteiger charge is -2.32. The summed E-state index contributed by atoms with van der Waals surface area (Å²) in [5, 5.41) is 0. The zero-order chi connectivity index (χ0) is 25.6. The Hall–Kier alpha value is -2.24. The highest BCUT2D eigenvalue weighted by atomic mass is 35.5.